The average Bonchev–Trinajstić information content (AvgIpc) is 2.45. The number of rotatable bonds is 5. The largest absolute Gasteiger partial charge is 0.317 e. The molecule has 16 heavy (non-hydrogen) atoms. The van der Waals surface area contributed by atoms with E-state index in [0.717, 1.165) is 5.92 Å². The van der Waals surface area contributed by atoms with Gasteiger partial charge in [0.1, 0.15) is 0 Å². The molecule has 1 aliphatic heterocycles. The third kappa shape index (κ3) is 4.84. The van der Waals surface area contributed by atoms with Crippen molar-refractivity contribution in [1.29, 1.82) is 0 Å². The standard InChI is InChI=1S/C14H30N2/c1-12(2)16(13(3)4)11-8-14-6-5-9-15-10-7-14/h12-15H,5-11H2,1-4H3. The fourth-order valence-electron chi connectivity index (χ4n) is 2.82. The van der Waals surface area contributed by atoms with E-state index >= 15 is 0 Å². The van der Waals surface area contributed by atoms with Gasteiger partial charge in [0.05, 0.1) is 0 Å². The zero-order valence-corrected chi connectivity index (χ0v) is 11.6. The normalized spacial score (nSPS) is 23.1. The summed E-state index contributed by atoms with van der Waals surface area (Å²) in [5.41, 5.74) is 0. The van der Waals surface area contributed by atoms with E-state index in [1.807, 2.05) is 0 Å². The molecule has 1 fully saturated rings. The molecule has 0 saturated carbocycles. The van der Waals surface area contributed by atoms with E-state index in [1.165, 1.54) is 45.3 Å². The SMILES string of the molecule is CC(C)N(CCC1CCCNCC1)C(C)C. The highest BCUT2D eigenvalue weighted by Gasteiger charge is 2.17. The summed E-state index contributed by atoms with van der Waals surface area (Å²) in [5.74, 6) is 0.954. The van der Waals surface area contributed by atoms with Gasteiger partial charge >= 0.3 is 0 Å². The first-order valence-corrected chi connectivity index (χ1v) is 7.07. The third-order valence-corrected chi connectivity index (χ3v) is 3.82. The molecule has 0 amide bonds. The maximum Gasteiger partial charge on any atom is 0.00412 e. The van der Waals surface area contributed by atoms with Gasteiger partial charge in [-0.2, -0.15) is 0 Å². The molecular weight excluding hydrogens is 196 g/mol. The summed E-state index contributed by atoms with van der Waals surface area (Å²) in [7, 11) is 0. The zero-order chi connectivity index (χ0) is 12.0. The van der Waals surface area contributed by atoms with Crippen LogP contribution in [-0.4, -0.2) is 36.6 Å². The van der Waals surface area contributed by atoms with Crippen molar-refractivity contribution in [2.24, 2.45) is 5.92 Å². The highest BCUT2D eigenvalue weighted by molar-refractivity contribution is 4.72. The van der Waals surface area contributed by atoms with Gasteiger partial charge in [-0.25, -0.2) is 0 Å². The number of hydrogen-bond acceptors (Lipinski definition) is 2. The third-order valence-electron chi connectivity index (χ3n) is 3.82. The summed E-state index contributed by atoms with van der Waals surface area (Å²) >= 11 is 0. The van der Waals surface area contributed by atoms with Crippen molar-refractivity contribution >= 4 is 0 Å². The molecule has 1 aliphatic rings. The molecule has 0 aliphatic carbocycles. The van der Waals surface area contributed by atoms with E-state index in [2.05, 4.69) is 37.9 Å². The van der Waals surface area contributed by atoms with Crippen LogP contribution in [0.1, 0.15) is 53.4 Å². The summed E-state index contributed by atoms with van der Waals surface area (Å²) in [6.07, 6.45) is 5.56. The van der Waals surface area contributed by atoms with E-state index < -0.39 is 0 Å². The Morgan fingerprint density at radius 3 is 2.38 bits per heavy atom. The van der Waals surface area contributed by atoms with Gasteiger partial charge in [-0.1, -0.05) is 0 Å². The van der Waals surface area contributed by atoms with Crippen LogP contribution in [0.5, 0.6) is 0 Å². The minimum absolute atomic E-state index is 0.684. The highest BCUT2D eigenvalue weighted by Crippen LogP contribution is 2.19. The second-order valence-electron chi connectivity index (χ2n) is 5.76. The Labute approximate surface area is 102 Å². The summed E-state index contributed by atoms with van der Waals surface area (Å²) < 4.78 is 0. The van der Waals surface area contributed by atoms with Crippen molar-refractivity contribution in [3.63, 3.8) is 0 Å². The van der Waals surface area contributed by atoms with E-state index in [9.17, 15) is 0 Å². The van der Waals surface area contributed by atoms with Crippen LogP contribution in [0.2, 0.25) is 0 Å². The smallest absolute Gasteiger partial charge is 0.00412 e. The molecule has 0 aromatic rings. The van der Waals surface area contributed by atoms with Crippen LogP contribution in [0, 0.1) is 5.92 Å². The summed E-state index contributed by atoms with van der Waals surface area (Å²) in [5, 5.41) is 3.50. The van der Waals surface area contributed by atoms with Crippen LogP contribution in [0.4, 0.5) is 0 Å². The lowest BCUT2D eigenvalue weighted by Crippen LogP contribution is -2.38. The molecule has 2 heteroatoms. The van der Waals surface area contributed by atoms with Gasteiger partial charge in [0.2, 0.25) is 0 Å². The number of hydrogen-bond donors (Lipinski definition) is 1. The molecule has 0 bridgehead atoms. The van der Waals surface area contributed by atoms with Crippen molar-refractivity contribution in [2.75, 3.05) is 19.6 Å². The molecule has 0 aromatic heterocycles. The summed E-state index contributed by atoms with van der Waals surface area (Å²) in [6.45, 7) is 13.0. The van der Waals surface area contributed by atoms with E-state index in [1.54, 1.807) is 0 Å². The van der Waals surface area contributed by atoms with Gasteiger partial charge in [0.15, 0.2) is 0 Å². The Balaban J connectivity index is 2.30. The van der Waals surface area contributed by atoms with Crippen LogP contribution < -0.4 is 5.32 Å². The van der Waals surface area contributed by atoms with Crippen molar-refractivity contribution in [3.05, 3.63) is 0 Å². The Kier molecular flexibility index (Phi) is 6.37. The quantitative estimate of drug-likeness (QED) is 0.775. The molecule has 0 radical (unpaired) electrons. The van der Waals surface area contributed by atoms with Crippen molar-refractivity contribution < 1.29 is 0 Å². The first-order chi connectivity index (χ1) is 7.61. The average molecular weight is 226 g/mol. The van der Waals surface area contributed by atoms with Gasteiger partial charge in [0, 0.05) is 12.1 Å². The summed E-state index contributed by atoms with van der Waals surface area (Å²) in [4.78, 5) is 2.62. The molecule has 1 rings (SSSR count). The lowest BCUT2D eigenvalue weighted by molar-refractivity contribution is 0.160. The van der Waals surface area contributed by atoms with Gasteiger partial charge in [0.25, 0.3) is 0 Å². The minimum atomic E-state index is 0.684. The molecule has 2 nitrogen and oxygen atoms in total. The Hall–Kier alpha value is -0.0800. The van der Waals surface area contributed by atoms with Gasteiger partial charge < -0.3 is 5.32 Å². The molecule has 1 atom stereocenters. The van der Waals surface area contributed by atoms with Crippen molar-refractivity contribution in [2.45, 2.75) is 65.5 Å². The highest BCUT2D eigenvalue weighted by atomic mass is 15.2. The predicted octanol–water partition coefficient (Wildman–Crippen LogP) is 2.89. The first kappa shape index (κ1) is 14.0. The monoisotopic (exact) mass is 226 g/mol. The van der Waals surface area contributed by atoms with Crippen molar-refractivity contribution in [3.8, 4) is 0 Å². The van der Waals surface area contributed by atoms with E-state index in [0.29, 0.717) is 12.1 Å². The van der Waals surface area contributed by atoms with Gasteiger partial charge in [-0.15, -0.1) is 0 Å². The molecule has 96 valence electrons. The fraction of sp³-hybridized carbons (Fsp3) is 1.00. The van der Waals surface area contributed by atoms with Crippen LogP contribution in [0.3, 0.4) is 0 Å². The fourth-order valence-corrected chi connectivity index (χ4v) is 2.82. The number of nitrogens with zero attached hydrogens (tertiary/aromatic N) is 1. The summed E-state index contributed by atoms with van der Waals surface area (Å²) in [6, 6.07) is 1.37. The van der Waals surface area contributed by atoms with Crippen LogP contribution in [-0.2, 0) is 0 Å². The topological polar surface area (TPSA) is 15.3 Å². The van der Waals surface area contributed by atoms with Gasteiger partial charge in [-0.05, 0) is 78.9 Å². The minimum Gasteiger partial charge on any atom is -0.317 e. The molecule has 1 unspecified atom stereocenters. The molecule has 1 saturated heterocycles. The Morgan fingerprint density at radius 1 is 1.06 bits per heavy atom. The maximum absolute atomic E-state index is 3.50. The molecule has 0 spiro atoms. The molecule has 0 aromatic carbocycles. The van der Waals surface area contributed by atoms with Crippen LogP contribution in [0.25, 0.3) is 0 Å². The maximum atomic E-state index is 3.50. The van der Waals surface area contributed by atoms with Crippen molar-refractivity contribution in [1.82, 2.24) is 10.2 Å². The molecule has 1 heterocycles. The van der Waals surface area contributed by atoms with Gasteiger partial charge in [-0.3, -0.25) is 4.90 Å². The second kappa shape index (κ2) is 7.29. The second-order valence-corrected chi connectivity index (χ2v) is 5.76. The molecule has 1 N–H and O–H groups in total. The van der Waals surface area contributed by atoms with Crippen LogP contribution in [0.15, 0.2) is 0 Å². The van der Waals surface area contributed by atoms with E-state index in [-0.39, 0.29) is 0 Å². The van der Waals surface area contributed by atoms with Crippen LogP contribution >= 0.6 is 0 Å². The predicted molar refractivity (Wildman–Crippen MR) is 71.8 cm³/mol. The zero-order valence-electron chi connectivity index (χ0n) is 11.6. The lowest BCUT2D eigenvalue weighted by atomic mass is 9.96. The first-order valence-electron chi connectivity index (χ1n) is 7.07. The molecular formula is C14H30N2. The Bertz CT molecular complexity index is 162. The van der Waals surface area contributed by atoms with E-state index in [4.69, 9.17) is 0 Å². The lowest BCUT2D eigenvalue weighted by Gasteiger charge is -2.31. The Morgan fingerprint density at radius 2 is 1.75 bits per heavy atom. The number of nitrogens with one attached hydrogen (secondary N) is 1.